The fraction of sp³-hybridized carbons (Fsp3) is 0.0476. The van der Waals surface area contributed by atoms with Crippen molar-refractivity contribution >= 4 is 40.3 Å². The highest BCUT2D eigenvalue weighted by Crippen LogP contribution is 2.40. The van der Waals surface area contributed by atoms with Gasteiger partial charge in [-0.15, -0.1) is 0 Å². The number of anilines is 1. The molecule has 3 heterocycles. The van der Waals surface area contributed by atoms with E-state index in [0.29, 0.717) is 39.2 Å². The molecular weight excluding hydrogens is 422 g/mol. The Labute approximate surface area is 179 Å². The molecule has 1 amide bonds. The van der Waals surface area contributed by atoms with Crippen molar-refractivity contribution in [3.8, 4) is 22.8 Å². The first-order valence-corrected chi connectivity index (χ1v) is 9.88. The summed E-state index contributed by atoms with van der Waals surface area (Å²) in [5.41, 5.74) is 1.18. The van der Waals surface area contributed by atoms with Crippen molar-refractivity contribution in [3.05, 3.63) is 75.4 Å². The van der Waals surface area contributed by atoms with E-state index in [0.717, 1.165) is 11.8 Å². The van der Waals surface area contributed by atoms with Crippen LogP contribution in [0, 0.1) is 15.5 Å². The molecule has 154 valence electrons. The predicted octanol–water partition coefficient (Wildman–Crippen LogP) is 4.64. The van der Waals surface area contributed by atoms with Crippen molar-refractivity contribution in [2.45, 2.75) is 0 Å². The zero-order valence-corrected chi connectivity index (χ0v) is 16.5. The third-order valence-electron chi connectivity index (χ3n) is 4.70. The first-order valence-electron chi connectivity index (χ1n) is 9.06. The van der Waals surface area contributed by atoms with Crippen LogP contribution in [-0.4, -0.2) is 22.8 Å². The molecule has 0 spiro atoms. The van der Waals surface area contributed by atoms with Gasteiger partial charge in [0.05, 0.1) is 15.5 Å². The number of thioether (sulfide) groups is 1. The highest BCUT2D eigenvalue weighted by molar-refractivity contribution is 8.19. The minimum atomic E-state index is -0.467. The number of carbonyl (C=O) groups is 1. The summed E-state index contributed by atoms with van der Waals surface area (Å²) in [5.74, 6) is 1.73. The molecule has 0 unspecified atom stereocenters. The fourth-order valence-electron chi connectivity index (χ4n) is 3.21. The summed E-state index contributed by atoms with van der Waals surface area (Å²) in [4.78, 5) is 24.9. The number of non-ortho nitro benzene ring substituents is 1. The summed E-state index contributed by atoms with van der Waals surface area (Å²) in [5, 5.41) is 19.1. The number of ether oxygens (including phenoxy) is 2. The highest BCUT2D eigenvalue weighted by Gasteiger charge is 2.34. The number of amidine groups is 1. The third-order valence-corrected chi connectivity index (χ3v) is 5.59. The number of nitrogens with one attached hydrogen (secondary N) is 1. The lowest BCUT2D eigenvalue weighted by Crippen LogP contribution is -2.28. The van der Waals surface area contributed by atoms with Gasteiger partial charge in [0.15, 0.2) is 16.7 Å². The van der Waals surface area contributed by atoms with E-state index in [1.54, 1.807) is 48.5 Å². The Morgan fingerprint density at radius 3 is 2.61 bits per heavy atom. The van der Waals surface area contributed by atoms with Gasteiger partial charge in [0.2, 0.25) is 6.79 Å². The maximum absolute atomic E-state index is 12.9. The van der Waals surface area contributed by atoms with Crippen LogP contribution in [-0.2, 0) is 4.79 Å². The lowest BCUT2D eigenvalue weighted by molar-refractivity contribution is -0.384. The van der Waals surface area contributed by atoms with E-state index < -0.39 is 4.92 Å². The molecule has 5 rings (SSSR count). The Hall–Kier alpha value is -4.05. The van der Waals surface area contributed by atoms with Crippen LogP contribution in [0.25, 0.3) is 17.4 Å². The number of amides is 1. The second-order valence-electron chi connectivity index (χ2n) is 6.60. The highest BCUT2D eigenvalue weighted by atomic mass is 32.2. The molecule has 10 heteroatoms. The van der Waals surface area contributed by atoms with E-state index in [9.17, 15) is 14.9 Å². The SMILES string of the molecule is N=C1S/C(=C\c2ccc(-c3ccc([N+](=O)[O-])cc3)o2)C(=O)N1c1ccc2c(c1)OCO2. The maximum atomic E-state index is 12.9. The van der Waals surface area contributed by atoms with Gasteiger partial charge in [0, 0.05) is 29.8 Å². The van der Waals surface area contributed by atoms with Gasteiger partial charge in [0.25, 0.3) is 11.6 Å². The van der Waals surface area contributed by atoms with Gasteiger partial charge in [-0.2, -0.15) is 0 Å². The molecule has 31 heavy (non-hydrogen) atoms. The van der Waals surface area contributed by atoms with Crippen molar-refractivity contribution < 1.29 is 23.6 Å². The summed E-state index contributed by atoms with van der Waals surface area (Å²) in [6, 6.07) is 14.5. The predicted molar refractivity (Wildman–Crippen MR) is 114 cm³/mol. The number of hydrogen-bond acceptors (Lipinski definition) is 8. The molecule has 0 aliphatic carbocycles. The molecule has 9 nitrogen and oxygen atoms in total. The summed E-state index contributed by atoms with van der Waals surface area (Å²) in [6.07, 6.45) is 1.57. The molecule has 0 radical (unpaired) electrons. The van der Waals surface area contributed by atoms with Gasteiger partial charge in [0.1, 0.15) is 11.5 Å². The van der Waals surface area contributed by atoms with Crippen molar-refractivity contribution in [3.63, 3.8) is 0 Å². The lowest BCUT2D eigenvalue weighted by atomic mass is 10.1. The molecule has 2 aromatic carbocycles. The van der Waals surface area contributed by atoms with Crippen LogP contribution in [0.1, 0.15) is 5.76 Å². The van der Waals surface area contributed by atoms with Crippen LogP contribution >= 0.6 is 11.8 Å². The number of fused-ring (bicyclic) bond motifs is 1. The molecule has 2 aliphatic heterocycles. The van der Waals surface area contributed by atoms with Crippen LogP contribution in [0.15, 0.2) is 63.9 Å². The Morgan fingerprint density at radius 2 is 1.84 bits per heavy atom. The van der Waals surface area contributed by atoms with E-state index >= 15 is 0 Å². The van der Waals surface area contributed by atoms with Crippen LogP contribution in [0.4, 0.5) is 11.4 Å². The van der Waals surface area contributed by atoms with Crippen LogP contribution in [0.2, 0.25) is 0 Å². The topological polar surface area (TPSA) is 119 Å². The van der Waals surface area contributed by atoms with E-state index in [1.165, 1.54) is 17.0 Å². The average Bonchev–Trinajstić information content (AvgIpc) is 3.48. The van der Waals surface area contributed by atoms with Gasteiger partial charge in [-0.25, -0.2) is 0 Å². The van der Waals surface area contributed by atoms with Crippen LogP contribution in [0.5, 0.6) is 11.5 Å². The summed E-state index contributed by atoms with van der Waals surface area (Å²) in [7, 11) is 0. The maximum Gasteiger partial charge on any atom is 0.271 e. The summed E-state index contributed by atoms with van der Waals surface area (Å²) in [6.45, 7) is 0.125. The number of carbonyl (C=O) groups excluding carboxylic acids is 1. The van der Waals surface area contributed by atoms with Crippen molar-refractivity contribution in [1.29, 1.82) is 5.41 Å². The Bertz CT molecular complexity index is 1260. The molecule has 1 aromatic heterocycles. The molecule has 1 saturated heterocycles. The quantitative estimate of drug-likeness (QED) is 0.360. The Balaban J connectivity index is 1.38. The first kappa shape index (κ1) is 18.9. The second-order valence-corrected chi connectivity index (χ2v) is 7.63. The summed E-state index contributed by atoms with van der Waals surface area (Å²) < 4.78 is 16.4. The second kappa shape index (κ2) is 7.33. The lowest BCUT2D eigenvalue weighted by Gasteiger charge is -2.14. The van der Waals surface area contributed by atoms with Gasteiger partial charge in [-0.1, -0.05) is 0 Å². The standard InChI is InChI=1S/C21H13N3O6S/c22-21-23(14-5-7-17-18(9-14)29-11-28-17)20(25)19(31-21)10-15-6-8-16(30-15)12-1-3-13(4-2-12)24(26)27/h1-10,22H,11H2/b19-10-,22-21?. The smallest absolute Gasteiger partial charge is 0.271 e. The number of furan rings is 1. The largest absolute Gasteiger partial charge is 0.457 e. The minimum absolute atomic E-state index is 0.00674. The van der Waals surface area contributed by atoms with E-state index in [-0.39, 0.29) is 23.6 Å². The molecule has 1 fully saturated rings. The molecule has 1 N–H and O–H groups in total. The minimum Gasteiger partial charge on any atom is -0.457 e. The molecule has 2 aliphatic rings. The van der Waals surface area contributed by atoms with Crippen molar-refractivity contribution in [2.24, 2.45) is 0 Å². The molecule has 0 bridgehead atoms. The number of nitro groups is 1. The van der Waals surface area contributed by atoms with Gasteiger partial charge in [-0.05, 0) is 48.2 Å². The average molecular weight is 435 g/mol. The molecular formula is C21H13N3O6S. The van der Waals surface area contributed by atoms with Crippen molar-refractivity contribution in [1.82, 2.24) is 0 Å². The Morgan fingerprint density at radius 1 is 1.06 bits per heavy atom. The zero-order chi connectivity index (χ0) is 21.5. The number of rotatable bonds is 4. The normalized spacial score (nSPS) is 16.4. The Kier molecular flexibility index (Phi) is 4.48. The summed E-state index contributed by atoms with van der Waals surface area (Å²) >= 11 is 1.03. The molecule has 0 saturated carbocycles. The molecule has 0 atom stereocenters. The van der Waals surface area contributed by atoms with Gasteiger partial charge < -0.3 is 13.9 Å². The van der Waals surface area contributed by atoms with Crippen molar-refractivity contribution in [2.75, 3.05) is 11.7 Å². The van der Waals surface area contributed by atoms with E-state index in [2.05, 4.69) is 0 Å². The van der Waals surface area contributed by atoms with E-state index in [1.807, 2.05) is 0 Å². The number of nitrogens with zero attached hydrogens (tertiary/aromatic N) is 2. The van der Waals surface area contributed by atoms with Crippen LogP contribution < -0.4 is 14.4 Å². The number of benzene rings is 2. The number of nitro benzene ring substituents is 1. The monoisotopic (exact) mass is 435 g/mol. The fourth-order valence-corrected chi connectivity index (χ4v) is 4.05. The zero-order valence-electron chi connectivity index (χ0n) is 15.7. The molecule has 3 aromatic rings. The first-order chi connectivity index (χ1) is 15.0. The van der Waals surface area contributed by atoms with Gasteiger partial charge >= 0.3 is 0 Å². The van der Waals surface area contributed by atoms with E-state index in [4.69, 9.17) is 19.3 Å². The number of hydrogen-bond donors (Lipinski definition) is 1. The van der Waals surface area contributed by atoms with Gasteiger partial charge in [-0.3, -0.25) is 25.2 Å². The van der Waals surface area contributed by atoms with Crippen LogP contribution in [0.3, 0.4) is 0 Å². The third kappa shape index (κ3) is 3.42.